The summed E-state index contributed by atoms with van der Waals surface area (Å²) in [5, 5.41) is 3.12. The van der Waals surface area contributed by atoms with Crippen molar-refractivity contribution >= 4 is 29.1 Å². The molecule has 16 heavy (non-hydrogen) atoms. The Morgan fingerprint density at radius 2 is 2.12 bits per heavy atom. The minimum atomic E-state index is -0.435. The lowest BCUT2D eigenvalue weighted by molar-refractivity contribution is 0.631. The van der Waals surface area contributed by atoms with Gasteiger partial charge in [0.15, 0.2) is 0 Å². The molecule has 0 unspecified atom stereocenters. The van der Waals surface area contributed by atoms with Crippen LogP contribution < -0.4 is 11.1 Å². The molecule has 0 amide bonds. The van der Waals surface area contributed by atoms with E-state index in [1.165, 1.54) is 24.4 Å². The molecule has 2 rings (SSSR count). The number of nitrogens with zero attached hydrogens (tertiary/aromatic N) is 2. The van der Waals surface area contributed by atoms with Crippen molar-refractivity contribution in [1.29, 1.82) is 0 Å². The van der Waals surface area contributed by atoms with Gasteiger partial charge in [-0.1, -0.05) is 11.6 Å². The van der Waals surface area contributed by atoms with Crippen LogP contribution in [0.5, 0.6) is 0 Å². The van der Waals surface area contributed by atoms with Crippen LogP contribution in [0, 0.1) is 5.82 Å². The van der Waals surface area contributed by atoms with Gasteiger partial charge in [-0.15, -0.1) is 0 Å². The summed E-state index contributed by atoms with van der Waals surface area (Å²) < 4.78 is 13.3. The number of rotatable bonds is 2. The molecule has 4 nitrogen and oxygen atoms in total. The van der Waals surface area contributed by atoms with Gasteiger partial charge in [-0.3, -0.25) is 0 Å². The van der Waals surface area contributed by atoms with E-state index >= 15 is 0 Å². The Hall–Kier alpha value is -1.88. The fourth-order valence-corrected chi connectivity index (χ4v) is 1.32. The highest BCUT2D eigenvalue weighted by Gasteiger charge is 2.04. The molecule has 0 atom stereocenters. The van der Waals surface area contributed by atoms with Gasteiger partial charge < -0.3 is 11.1 Å². The maximum atomic E-state index is 13.3. The highest BCUT2D eigenvalue weighted by atomic mass is 35.5. The van der Waals surface area contributed by atoms with Crippen molar-refractivity contribution < 1.29 is 4.39 Å². The van der Waals surface area contributed by atoms with Crippen molar-refractivity contribution in [2.75, 3.05) is 11.1 Å². The van der Waals surface area contributed by atoms with Crippen LogP contribution in [0.25, 0.3) is 0 Å². The summed E-state index contributed by atoms with van der Waals surface area (Å²) in [6.07, 6.45) is 1.48. The van der Waals surface area contributed by atoms with Crippen LogP contribution in [0.1, 0.15) is 0 Å². The summed E-state index contributed by atoms with van der Waals surface area (Å²) in [4.78, 5) is 7.78. The Morgan fingerprint density at radius 3 is 2.88 bits per heavy atom. The number of halogens is 2. The van der Waals surface area contributed by atoms with Gasteiger partial charge in [-0.2, -0.15) is 4.98 Å². The zero-order chi connectivity index (χ0) is 11.5. The Labute approximate surface area is 96.3 Å². The van der Waals surface area contributed by atoms with E-state index < -0.39 is 5.82 Å². The zero-order valence-electron chi connectivity index (χ0n) is 8.11. The van der Waals surface area contributed by atoms with Crippen LogP contribution in [0.4, 0.5) is 21.8 Å². The third kappa shape index (κ3) is 2.38. The smallest absolute Gasteiger partial charge is 0.229 e. The van der Waals surface area contributed by atoms with E-state index in [4.69, 9.17) is 17.3 Å². The van der Waals surface area contributed by atoms with E-state index in [9.17, 15) is 4.39 Å². The molecule has 3 N–H and O–H groups in total. The largest absolute Gasteiger partial charge is 0.384 e. The lowest BCUT2D eigenvalue weighted by Crippen LogP contribution is -2.00. The zero-order valence-corrected chi connectivity index (χ0v) is 8.87. The number of hydrogen-bond acceptors (Lipinski definition) is 4. The first kappa shape index (κ1) is 10.6. The molecule has 0 radical (unpaired) electrons. The number of hydrogen-bond donors (Lipinski definition) is 2. The Bertz CT molecular complexity index is 518. The van der Waals surface area contributed by atoms with Gasteiger partial charge in [0.1, 0.15) is 11.6 Å². The summed E-state index contributed by atoms with van der Waals surface area (Å²) in [7, 11) is 0. The number of nitrogens with two attached hydrogens (primary N) is 1. The topological polar surface area (TPSA) is 63.8 Å². The van der Waals surface area contributed by atoms with Crippen molar-refractivity contribution in [2.45, 2.75) is 0 Å². The molecule has 1 aromatic heterocycles. The van der Waals surface area contributed by atoms with Gasteiger partial charge in [0.05, 0.1) is 5.69 Å². The van der Waals surface area contributed by atoms with Crippen LogP contribution in [0.15, 0.2) is 30.5 Å². The Kier molecular flexibility index (Phi) is 2.87. The molecule has 1 aromatic carbocycles. The van der Waals surface area contributed by atoms with Crippen LogP contribution in [-0.2, 0) is 0 Å². The fourth-order valence-electron chi connectivity index (χ4n) is 1.15. The second-order valence-electron chi connectivity index (χ2n) is 3.05. The van der Waals surface area contributed by atoms with E-state index in [1.54, 1.807) is 6.07 Å². The first-order valence-electron chi connectivity index (χ1n) is 4.46. The highest BCUT2D eigenvalue weighted by molar-refractivity contribution is 6.30. The Morgan fingerprint density at radius 1 is 1.31 bits per heavy atom. The van der Waals surface area contributed by atoms with Gasteiger partial charge in [-0.05, 0) is 24.3 Å². The minimum Gasteiger partial charge on any atom is -0.384 e. The summed E-state index contributed by atoms with van der Waals surface area (Å²) in [5.74, 6) is 0.0940. The van der Waals surface area contributed by atoms with Crippen molar-refractivity contribution in [1.82, 2.24) is 9.97 Å². The first-order valence-corrected chi connectivity index (χ1v) is 4.83. The predicted octanol–water partition coefficient (Wildman–Crippen LogP) is 2.59. The first-order chi connectivity index (χ1) is 7.65. The monoisotopic (exact) mass is 238 g/mol. The molecule has 0 fully saturated rings. The molecular formula is C10H8ClFN4. The molecule has 82 valence electrons. The van der Waals surface area contributed by atoms with Gasteiger partial charge >= 0.3 is 0 Å². The van der Waals surface area contributed by atoms with E-state index in [2.05, 4.69) is 15.3 Å². The number of aromatic nitrogens is 2. The molecule has 0 saturated heterocycles. The molecule has 0 aliphatic rings. The molecule has 2 aromatic rings. The summed E-state index contributed by atoms with van der Waals surface area (Å²) in [5.41, 5.74) is 5.68. The average Bonchev–Trinajstić information content (AvgIpc) is 2.24. The maximum absolute atomic E-state index is 13.3. The molecule has 0 aliphatic carbocycles. The second kappa shape index (κ2) is 4.32. The average molecular weight is 239 g/mol. The summed E-state index contributed by atoms with van der Waals surface area (Å²) >= 11 is 5.74. The number of anilines is 3. The van der Waals surface area contributed by atoms with Crippen molar-refractivity contribution in [2.24, 2.45) is 0 Å². The lowest BCUT2D eigenvalue weighted by atomic mass is 10.3. The lowest BCUT2D eigenvalue weighted by Gasteiger charge is -2.06. The van der Waals surface area contributed by atoms with E-state index in [-0.39, 0.29) is 11.6 Å². The third-order valence-corrected chi connectivity index (χ3v) is 2.09. The SMILES string of the molecule is Nc1ccnc(Nc2cc(Cl)ccc2F)n1. The van der Waals surface area contributed by atoms with Crippen LogP contribution >= 0.6 is 11.6 Å². The summed E-state index contributed by atoms with van der Waals surface area (Å²) in [6, 6.07) is 5.71. The quantitative estimate of drug-likeness (QED) is 0.844. The molecular weight excluding hydrogens is 231 g/mol. The fraction of sp³-hybridized carbons (Fsp3) is 0. The van der Waals surface area contributed by atoms with Crippen LogP contribution in [0.2, 0.25) is 5.02 Å². The number of benzene rings is 1. The van der Waals surface area contributed by atoms with E-state index in [0.717, 1.165) is 0 Å². The molecule has 0 spiro atoms. The minimum absolute atomic E-state index is 0.207. The molecule has 0 aliphatic heterocycles. The van der Waals surface area contributed by atoms with Crippen molar-refractivity contribution in [3.63, 3.8) is 0 Å². The van der Waals surface area contributed by atoms with E-state index in [1.807, 2.05) is 0 Å². The van der Waals surface area contributed by atoms with Gasteiger partial charge in [0, 0.05) is 11.2 Å². The van der Waals surface area contributed by atoms with Gasteiger partial charge in [-0.25, -0.2) is 9.37 Å². The maximum Gasteiger partial charge on any atom is 0.229 e. The molecule has 0 saturated carbocycles. The highest BCUT2D eigenvalue weighted by Crippen LogP contribution is 2.21. The van der Waals surface area contributed by atoms with Crippen molar-refractivity contribution in [3.05, 3.63) is 41.3 Å². The van der Waals surface area contributed by atoms with E-state index in [0.29, 0.717) is 10.8 Å². The third-order valence-electron chi connectivity index (χ3n) is 1.85. The number of nitrogens with one attached hydrogen (secondary N) is 1. The van der Waals surface area contributed by atoms with Crippen LogP contribution in [0.3, 0.4) is 0 Å². The van der Waals surface area contributed by atoms with Crippen LogP contribution in [-0.4, -0.2) is 9.97 Å². The van der Waals surface area contributed by atoms with Crippen molar-refractivity contribution in [3.8, 4) is 0 Å². The molecule has 1 heterocycles. The molecule has 6 heteroatoms. The van der Waals surface area contributed by atoms with Gasteiger partial charge in [0.25, 0.3) is 0 Å². The van der Waals surface area contributed by atoms with Gasteiger partial charge in [0.2, 0.25) is 5.95 Å². The normalized spacial score (nSPS) is 10.1. The molecule has 0 bridgehead atoms. The standard InChI is InChI=1S/C10H8ClFN4/c11-6-1-2-7(12)8(5-6)15-10-14-4-3-9(13)16-10/h1-5H,(H3,13,14,15,16). The summed E-state index contributed by atoms with van der Waals surface area (Å²) in [6.45, 7) is 0. The number of nitrogen functional groups attached to an aromatic ring is 1. The second-order valence-corrected chi connectivity index (χ2v) is 3.49. The Balaban J connectivity index is 2.30. The predicted molar refractivity (Wildman–Crippen MR) is 61.1 cm³/mol.